The predicted molar refractivity (Wildman–Crippen MR) is 67.7 cm³/mol. The molecule has 2 rings (SSSR count). The summed E-state index contributed by atoms with van der Waals surface area (Å²) in [6.07, 6.45) is 1.23. The molecular formula is C11H8BrClFNO3. The summed E-state index contributed by atoms with van der Waals surface area (Å²) in [5, 5.41) is 2.61. The van der Waals surface area contributed by atoms with Crippen molar-refractivity contribution in [1.82, 2.24) is 0 Å². The van der Waals surface area contributed by atoms with Gasteiger partial charge in [-0.3, -0.25) is 4.79 Å². The lowest BCUT2D eigenvalue weighted by atomic mass is 10.3. The quantitative estimate of drug-likeness (QED) is 0.903. The number of hydrogen-bond acceptors (Lipinski definition) is 3. The molecule has 0 saturated carbocycles. The molecule has 1 aromatic carbocycles. The summed E-state index contributed by atoms with van der Waals surface area (Å²) in [7, 11) is 0. The standard InChI is InChI=1S/C11H8BrClFNO3/c12-7-3-6(14)4-8(13)10(7)15-11(16)9-5-17-1-2-18-9/h3-5H,1-2H2,(H,15,16). The Labute approximate surface area is 116 Å². The van der Waals surface area contributed by atoms with Crippen LogP contribution in [0.5, 0.6) is 0 Å². The smallest absolute Gasteiger partial charge is 0.294 e. The Morgan fingerprint density at radius 2 is 2.22 bits per heavy atom. The molecule has 1 amide bonds. The van der Waals surface area contributed by atoms with Gasteiger partial charge in [0, 0.05) is 4.47 Å². The number of nitrogens with one attached hydrogen (secondary N) is 1. The van der Waals surface area contributed by atoms with Crippen molar-refractivity contribution in [1.29, 1.82) is 0 Å². The normalized spacial score (nSPS) is 14.3. The highest BCUT2D eigenvalue weighted by atomic mass is 79.9. The first-order valence-corrected chi connectivity index (χ1v) is 6.15. The number of hydrogen-bond donors (Lipinski definition) is 1. The van der Waals surface area contributed by atoms with Gasteiger partial charge in [0.25, 0.3) is 5.91 Å². The van der Waals surface area contributed by atoms with E-state index in [0.717, 1.165) is 6.07 Å². The average molecular weight is 337 g/mol. The zero-order valence-electron chi connectivity index (χ0n) is 9.00. The molecule has 0 unspecified atom stereocenters. The molecule has 1 aromatic rings. The van der Waals surface area contributed by atoms with Crippen molar-refractivity contribution in [3.63, 3.8) is 0 Å². The van der Waals surface area contributed by atoms with Crippen LogP contribution >= 0.6 is 27.5 Å². The van der Waals surface area contributed by atoms with Gasteiger partial charge in [0.15, 0.2) is 0 Å². The lowest BCUT2D eigenvalue weighted by Gasteiger charge is -2.16. The summed E-state index contributed by atoms with van der Waals surface area (Å²) < 4.78 is 23.4. The Morgan fingerprint density at radius 3 is 2.83 bits per heavy atom. The molecule has 0 spiro atoms. The van der Waals surface area contributed by atoms with Crippen LogP contribution in [0.15, 0.2) is 28.6 Å². The number of carbonyl (C=O) groups excluding carboxylic acids is 1. The van der Waals surface area contributed by atoms with Crippen molar-refractivity contribution in [2.75, 3.05) is 18.5 Å². The third kappa shape index (κ3) is 2.94. The third-order valence-electron chi connectivity index (χ3n) is 2.12. The van der Waals surface area contributed by atoms with E-state index in [2.05, 4.69) is 21.2 Å². The minimum atomic E-state index is -0.510. The molecule has 96 valence electrons. The number of rotatable bonds is 2. The van der Waals surface area contributed by atoms with Gasteiger partial charge in [-0.1, -0.05) is 11.6 Å². The molecule has 1 heterocycles. The van der Waals surface area contributed by atoms with E-state index in [1.54, 1.807) is 0 Å². The van der Waals surface area contributed by atoms with Crippen LogP contribution in [0.1, 0.15) is 0 Å². The predicted octanol–water partition coefficient (Wildman–Crippen LogP) is 3.07. The molecule has 0 bridgehead atoms. The number of anilines is 1. The highest BCUT2D eigenvalue weighted by molar-refractivity contribution is 9.10. The van der Waals surface area contributed by atoms with Crippen molar-refractivity contribution < 1.29 is 18.7 Å². The number of benzene rings is 1. The van der Waals surface area contributed by atoms with Gasteiger partial charge in [0.05, 0.1) is 10.7 Å². The second kappa shape index (κ2) is 5.58. The minimum Gasteiger partial charge on any atom is -0.494 e. The topological polar surface area (TPSA) is 47.6 Å². The zero-order valence-corrected chi connectivity index (χ0v) is 11.3. The van der Waals surface area contributed by atoms with Gasteiger partial charge in [-0.2, -0.15) is 0 Å². The highest BCUT2D eigenvalue weighted by Crippen LogP contribution is 2.32. The van der Waals surface area contributed by atoms with Crippen LogP contribution in [0, 0.1) is 5.82 Å². The molecule has 1 N–H and O–H groups in total. The van der Waals surface area contributed by atoms with E-state index >= 15 is 0 Å². The molecule has 7 heteroatoms. The van der Waals surface area contributed by atoms with Crippen LogP contribution in [0.25, 0.3) is 0 Å². The Kier molecular flexibility index (Phi) is 4.08. The number of ether oxygens (including phenoxy) is 2. The molecule has 4 nitrogen and oxygen atoms in total. The molecule has 18 heavy (non-hydrogen) atoms. The maximum Gasteiger partial charge on any atom is 0.294 e. The van der Waals surface area contributed by atoms with E-state index in [4.69, 9.17) is 21.1 Å². The van der Waals surface area contributed by atoms with Crippen molar-refractivity contribution in [3.05, 3.63) is 39.5 Å². The van der Waals surface area contributed by atoms with Crippen molar-refractivity contribution in [2.24, 2.45) is 0 Å². The first-order valence-electron chi connectivity index (χ1n) is 4.98. The lowest BCUT2D eigenvalue weighted by molar-refractivity contribution is -0.117. The largest absolute Gasteiger partial charge is 0.494 e. The van der Waals surface area contributed by atoms with E-state index in [1.807, 2.05) is 0 Å². The summed E-state index contributed by atoms with van der Waals surface area (Å²) in [5.74, 6) is -0.959. The minimum absolute atomic E-state index is 0.0496. The fourth-order valence-corrected chi connectivity index (χ4v) is 2.22. The number of halogens is 3. The Morgan fingerprint density at radius 1 is 1.44 bits per heavy atom. The second-order valence-electron chi connectivity index (χ2n) is 3.40. The van der Waals surface area contributed by atoms with Crippen LogP contribution in [0.2, 0.25) is 5.02 Å². The maximum atomic E-state index is 13.0. The third-order valence-corrected chi connectivity index (χ3v) is 3.04. The molecule has 1 aliphatic heterocycles. The Hall–Kier alpha value is -1.27. The average Bonchev–Trinajstić information content (AvgIpc) is 2.34. The molecule has 0 fully saturated rings. The van der Waals surface area contributed by atoms with Gasteiger partial charge in [0.2, 0.25) is 5.76 Å². The van der Waals surface area contributed by atoms with Crippen LogP contribution in [0.4, 0.5) is 10.1 Å². The first kappa shape index (κ1) is 13.2. The van der Waals surface area contributed by atoms with Crippen LogP contribution in [-0.2, 0) is 14.3 Å². The van der Waals surface area contributed by atoms with Crippen molar-refractivity contribution >= 4 is 39.1 Å². The van der Waals surface area contributed by atoms with E-state index in [1.165, 1.54) is 12.3 Å². The molecule has 0 aromatic heterocycles. The molecule has 0 aliphatic carbocycles. The van der Waals surface area contributed by atoms with Crippen LogP contribution < -0.4 is 5.32 Å². The van der Waals surface area contributed by atoms with Crippen LogP contribution in [-0.4, -0.2) is 19.1 Å². The fraction of sp³-hybridized carbons (Fsp3) is 0.182. The summed E-state index contributed by atoms with van der Waals surface area (Å²) in [5.41, 5.74) is 0.276. The van der Waals surface area contributed by atoms with Crippen molar-refractivity contribution in [2.45, 2.75) is 0 Å². The van der Waals surface area contributed by atoms with Gasteiger partial charge >= 0.3 is 0 Å². The van der Waals surface area contributed by atoms with E-state index < -0.39 is 11.7 Å². The van der Waals surface area contributed by atoms with Gasteiger partial charge in [-0.25, -0.2) is 4.39 Å². The number of amides is 1. The van der Waals surface area contributed by atoms with Gasteiger partial charge < -0.3 is 14.8 Å². The maximum absolute atomic E-state index is 13.0. The molecule has 1 aliphatic rings. The Bertz CT molecular complexity index is 498. The molecular weight excluding hydrogens is 328 g/mol. The highest BCUT2D eigenvalue weighted by Gasteiger charge is 2.18. The molecule has 0 saturated heterocycles. The molecule has 0 radical (unpaired) electrons. The summed E-state index contributed by atoms with van der Waals surface area (Å²) in [4.78, 5) is 11.8. The van der Waals surface area contributed by atoms with Crippen LogP contribution in [0.3, 0.4) is 0 Å². The summed E-state index contributed by atoms with van der Waals surface area (Å²) in [6, 6.07) is 2.31. The summed E-state index contributed by atoms with van der Waals surface area (Å²) in [6.45, 7) is 0.704. The molecule has 0 atom stereocenters. The van der Waals surface area contributed by atoms with Crippen molar-refractivity contribution in [3.8, 4) is 0 Å². The number of carbonyl (C=O) groups is 1. The lowest BCUT2D eigenvalue weighted by Crippen LogP contribution is -2.21. The van der Waals surface area contributed by atoms with Gasteiger partial charge in [-0.05, 0) is 28.1 Å². The van der Waals surface area contributed by atoms with E-state index in [-0.39, 0.29) is 16.5 Å². The van der Waals surface area contributed by atoms with E-state index in [0.29, 0.717) is 17.7 Å². The van der Waals surface area contributed by atoms with Gasteiger partial charge in [-0.15, -0.1) is 0 Å². The SMILES string of the molecule is O=C(Nc1c(Cl)cc(F)cc1Br)C1=COCCO1. The van der Waals surface area contributed by atoms with Gasteiger partial charge in [0.1, 0.15) is 25.3 Å². The monoisotopic (exact) mass is 335 g/mol. The zero-order chi connectivity index (χ0) is 13.1. The summed E-state index contributed by atoms with van der Waals surface area (Å²) >= 11 is 8.96. The van der Waals surface area contributed by atoms with E-state index in [9.17, 15) is 9.18 Å². The fourth-order valence-electron chi connectivity index (χ4n) is 1.32. The second-order valence-corrected chi connectivity index (χ2v) is 4.66. The Balaban J connectivity index is 2.19. The first-order chi connectivity index (χ1) is 8.58.